The molecule has 4 heteroatoms. The first-order valence-corrected chi connectivity index (χ1v) is 7.62. The standard InChI is InChI=1S/C15H19NO2.C2HN/c17-15(16-8-4-1-5-9-16)18-14-10-12-6-2-3-7-13(12)11-14;1-2-3-1/h2-3,6-7,14H,1,4-5,8-11H2;1H. The van der Waals surface area contributed by atoms with Crippen molar-refractivity contribution in [2.45, 2.75) is 38.2 Å². The van der Waals surface area contributed by atoms with Gasteiger partial charge in [0.15, 0.2) is 0 Å². The third kappa shape index (κ3) is 3.96. The van der Waals surface area contributed by atoms with E-state index in [0.717, 1.165) is 38.8 Å². The summed E-state index contributed by atoms with van der Waals surface area (Å²) >= 11 is 0. The number of ether oxygens (including phenoxy) is 1. The molecular formula is C17H20N2O2. The summed E-state index contributed by atoms with van der Waals surface area (Å²) in [4.78, 5) is 17.2. The maximum Gasteiger partial charge on any atom is 0.410 e. The summed E-state index contributed by atoms with van der Waals surface area (Å²) in [5.74, 6) is 2.50. The van der Waals surface area contributed by atoms with Gasteiger partial charge in [0.25, 0.3) is 0 Å². The molecule has 1 amide bonds. The number of fused-ring (bicyclic) bond motifs is 1. The summed E-state index contributed by atoms with van der Waals surface area (Å²) in [7, 11) is 0. The maximum absolute atomic E-state index is 12.0. The average Bonchev–Trinajstić information content (AvgIpc) is 3.35. The van der Waals surface area contributed by atoms with Crippen LogP contribution in [0.1, 0.15) is 30.4 Å². The van der Waals surface area contributed by atoms with E-state index in [1.807, 2.05) is 17.0 Å². The van der Waals surface area contributed by atoms with Crippen LogP contribution in [0, 0.1) is 0 Å². The molecule has 0 radical (unpaired) electrons. The van der Waals surface area contributed by atoms with Crippen LogP contribution in [-0.2, 0) is 17.6 Å². The lowest BCUT2D eigenvalue weighted by molar-refractivity contribution is 0.0616. The fourth-order valence-corrected chi connectivity index (χ4v) is 2.90. The summed E-state index contributed by atoms with van der Waals surface area (Å²) in [6, 6.07) is 8.36. The number of rotatable bonds is 1. The second-order valence-electron chi connectivity index (χ2n) is 5.62. The normalized spacial score (nSPS) is 18.8. The average molecular weight is 284 g/mol. The van der Waals surface area contributed by atoms with Gasteiger partial charge >= 0.3 is 6.09 Å². The molecule has 2 aliphatic heterocycles. The molecule has 21 heavy (non-hydrogen) atoms. The number of hydrogen-bond acceptors (Lipinski definition) is 3. The van der Waals surface area contributed by atoms with Crippen molar-refractivity contribution >= 4 is 12.0 Å². The third-order valence-corrected chi connectivity index (χ3v) is 4.02. The van der Waals surface area contributed by atoms with Crippen molar-refractivity contribution in [1.29, 1.82) is 0 Å². The van der Waals surface area contributed by atoms with E-state index in [1.54, 1.807) is 6.20 Å². The molecule has 2 heterocycles. The number of piperidine rings is 1. The van der Waals surface area contributed by atoms with Gasteiger partial charge in [-0.3, -0.25) is 0 Å². The molecule has 1 saturated heterocycles. The Hall–Kier alpha value is -2.06. The van der Waals surface area contributed by atoms with Gasteiger partial charge < -0.3 is 9.64 Å². The predicted octanol–water partition coefficient (Wildman–Crippen LogP) is 2.96. The zero-order valence-corrected chi connectivity index (χ0v) is 12.1. The molecule has 1 aromatic carbocycles. The predicted molar refractivity (Wildman–Crippen MR) is 81.5 cm³/mol. The zero-order chi connectivity index (χ0) is 14.5. The van der Waals surface area contributed by atoms with Crippen LogP contribution in [0.2, 0.25) is 0 Å². The Morgan fingerprint density at radius 1 is 1.14 bits per heavy atom. The molecule has 3 aliphatic rings. The number of benzene rings is 1. The highest BCUT2D eigenvalue weighted by atomic mass is 16.6. The highest BCUT2D eigenvalue weighted by Crippen LogP contribution is 2.24. The van der Waals surface area contributed by atoms with E-state index in [4.69, 9.17) is 4.74 Å². The lowest BCUT2D eigenvalue weighted by Gasteiger charge is -2.27. The van der Waals surface area contributed by atoms with Gasteiger partial charge in [0.1, 0.15) is 6.10 Å². The molecule has 1 fully saturated rings. The van der Waals surface area contributed by atoms with Gasteiger partial charge in [0, 0.05) is 31.8 Å². The van der Waals surface area contributed by atoms with Crippen LogP contribution in [0.15, 0.2) is 35.5 Å². The Labute approximate surface area is 125 Å². The van der Waals surface area contributed by atoms with Gasteiger partial charge in [-0.15, -0.1) is 0 Å². The summed E-state index contributed by atoms with van der Waals surface area (Å²) < 4.78 is 5.62. The Bertz CT molecular complexity index is 539. The van der Waals surface area contributed by atoms with Crippen LogP contribution in [0.4, 0.5) is 4.79 Å². The van der Waals surface area contributed by atoms with Crippen molar-refractivity contribution in [3.63, 3.8) is 0 Å². The van der Waals surface area contributed by atoms with E-state index in [1.165, 1.54) is 17.5 Å². The number of hydrogen-bond donors (Lipinski definition) is 0. The molecule has 110 valence electrons. The largest absolute Gasteiger partial charge is 0.445 e. The highest BCUT2D eigenvalue weighted by molar-refractivity contribution is 5.68. The molecule has 1 aromatic rings. The zero-order valence-electron chi connectivity index (χ0n) is 12.1. The molecule has 0 saturated carbocycles. The number of amides is 1. The number of nitrogens with zero attached hydrogens (tertiary/aromatic N) is 2. The van der Waals surface area contributed by atoms with E-state index in [0.29, 0.717) is 0 Å². The van der Waals surface area contributed by atoms with Crippen LogP contribution >= 0.6 is 0 Å². The first kappa shape index (κ1) is 13.9. The molecule has 4 rings (SSSR count). The quantitative estimate of drug-likeness (QED) is 0.795. The third-order valence-electron chi connectivity index (χ3n) is 4.02. The lowest BCUT2D eigenvalue weighted by Crippen LogP contribution is -2.38. The summed E-state index contributed by atoms with van der Waals surface area (Å²) in [5, 5.41) is 0. The fraction of sp³-hybridized carbons (Fsp3) is 0.471. The van der Waals surface area contributed by atoms with E-state index in [-0.39, 0.29) is 12.2 Å². The minimum absolute atomic E-state index is 0.0387. The fourth-order valence-electron chi connectivity index (χ4n) is 2.90. The van der Waals surface area contributed by atoms with Crippen LogP contribution in [0.25, 0.3) is 0 Å². The van der Waals surface area contributed by atoms with E-state index < -0.39 is 0 Å². The number of aliphatic imine (C=N–C) groups is 1. The Morgan fingerprint density at radius 3 is 2.24 bits per heavy atom. The second kappa shape index (κ2) is 6.59. The topological polar surface area (TPSA) is 41.9 Å². The molecule has 0 N–H and O–H groups in total. The summed E-state index contributed by atoms with van der Waals surface area (Å²) in [5.41, 5.74) is 2.66. The Balaban J connectivity index is 0.000000393. The minimum Gasteiger partial charge on any atom is -0.445 e. The Kier molecular flexibility index (Phi) is 4.37. The van der Waals surface area contributed by atoms with Crippen LogP contribution in [-0.4, -0.2) is 36.1 Å². The highest BCUT2D eigenvalue weighted by Gasteiger charge is 2.26. The van der Waals surface area contributed by atoms with E-state index in [2.05, 4.69) is 23.0 Å². The summed E-state index contributed by atoms with van der Waals surface area (Å²) in [6.45, 7) is 1.72. The molecule has 1 aliphatic carbocycles. The number of carbonyl (C=O) groups is 1. The Morgan fingerprint density at radius 2 is 1.71 bits per heavy atom. The molecule has 0 unspecified atom stereocenters. The SMILES string of the molecule is C1=CN=1.O=C(OC1Cc2ccccc2C1)N1CCCCC1. The smallest absolute Gasteiger partial charge is 0.410 e. The van der Waals surface area contributed by atoms with Crippen molar-refractivity contribution in [3.05, 3.63) is 41.6 Å². The molecule has 0 aromatic heterocycles. The van der Waals surface area contributed by atoms with Crippen molar-refractivity contribution in [2.75, 3.05) is 13.1 Å². The van der Waals surface area contributed by atoms with Gasteiger partial charge in [-0.1, -0.05) is 24.3 Å². The van der Waals surface area contributed by atoms with E-state index >= 15 is 0 Å². The molecule has 0 atom stereocenters. The molecule has 4 nitrogen and oxygen atoms in total. The van der Waals surface area contributed by atoms with Crippen molar-refractivity contribution in [3.8, 4) is 0 Å². The van der Waals surface area contributed by atoms with E-state index in [9.17, 15) is 4.79 Å². The van der Waals surface area contributed by atoms with Crippen molar-refractivity contribution in [1.82, 2.24) is 4.90 Å². The van der Waals surface area contributed by atoms with Crippen LogP contribution in [0.5, 0.6) is 0 Å². The second-order valence-corrected chi connectivity index (χ2v) is 5.62. The van der Waals surface area contributed by atoms with Gasteiger partial charge in [-0.2, -0.15) is 0 Å². The van der Waals surface area contributed by atoms with Crippen LogP contribution in [0.3, 0.4) is 0 Å². The van der Waals surface area contributed by atoms with Gasteiger partial charge in [-0.05, 0) is 30.4 Å². The lowest BCUT2D eigenvalue weighted by atomic mass is 10.1. The monoisotopic (exact) mass is 284 g/mol. The minimum atomic E-state index is -0.118. The van der Waals surface area contributed by atoms with Crippen molar-refractivity contribution in [2.24, 2.45) is 4.99 Å². The number of likely N-dealkylation sites (tertiary alicyclic amines) is 1. The van der Waals surface area contributed by atoms with Crippen molar-refractivity contribution < 1.29 is 9.53 Å². The summed E-state index contributed by atoms with van der Waals surface area (Å²) in [6.07, 6.45) is 6.74. The van der Waals surface area contributed by atoms with Gasteiger partial charge in [-0.25, -0.2) is 9.79 Å². The molecule has 0 spiro atoms. The van der Waals surface area contributed by atoms with Gasteiger partial charge in [0.2, 0.25) is 0 Å². The first-order chi connectivity index (χ1) is 10.3. The number of carbonyl (C=O) groups excluding carboxylic acids is 1. The molecule has 0 bridgehead atoms. The van der Waals surface area contributed by atoms with Gasteiger partial charge in [0.05, 0.1) is 6.20 Å². The first-order valence-electron chi connectivity index (χ1n) is 7.62. The maximum atomic E-state index is 12.0. The van der Waals surface area contributed by atoms with Crippen LogP contribution < -0.4 is 0 Å². The molecular weight excluding hydrogens is 264 g/mol.